The van der Waals surface area contributed by atoms with Crippen molar-refractivity contribution < 1.29 is 19.6 Å². The molecule has 1 N–H and O–H groups in total. The van der Waals surface area contributed by atoms with Crippen molar-refractivity contribution in [2.24, 2.45) is 0 Å². The Balaban J connectivity index is 2.39. The number of hydrogen-bond acceptors (Lipinski definition) is 5. The Morgan fingerprint density at radius 2 is 2.00 bits per heavy atom. The van der Waals surface area contributed by atoms with Crippen LogP contribution in [0.1, 0.15) is 10.4 Å². The number of methoxy groups -OCH3 is 1. The van der Waals surface area contributed by atoms with Crippen LogP contribution < -0.4 is 4.74 Å². The van der Waals surface area contributed by atoms with E-state index >= 15 is 0 Å². The molecule has 2 rings (SSSR count). The Bertz CT molecular complexity index is 702. The summed E-state index contributed by atoms with van der Waals surface area (Å²) in [6.45, 7) is 0. The number of rotatable bonds is 5. The number of carboxylic acids is 1. The first-order valence-corrected chi connectivity index (χ1v) is 6.67. The van der Waals surface area contributed by atoms with Gasteiger partial charge in [-0.2, -0.15) is 0 Å². The number of nitrogens with zero attached hydrogens (tertiary/aromatic N) is 1. The van der Waals surface area contributed by atoms with E-state index in [0.717, 1.165) is 4.90 Å². The molecule has 0 amide bonds. The van der Waals surface area contributed by atoms with Crippen LogP contribution in [0.4, 0.5) is 5.69 Å². The fraction of sp³-hybridized carbons (Fsp3) is 0.0714. The van der Waals surface area contributed by atoms with E-state index in [2.05, 4.69) is 0 Å². The predicted molar refractivity (Wildman–Crippen MR) is 77.2 cm³/mol. The Hall–Kier alpha value is -2.54. The second kappa shape index (κ2) is 6.27. The molecule has 2 aromatic rings. The lowest BCUT2D eigenvalue weighted by Gasteiger charge is -2.08. The summed E-state index contributed by atoms with van der Waals surface area (Å²) in [5.74, 6) is -0.678. The fourth-order valence-corrected chi connectivity index (χ4v) is 2.70. The molecule has 0 aliphatic heterocycles. The summed E-state index contributed by atoms with van der Waals surface area (Å²) < 4.78 is 5.21. The lowest BCUT2D eigenvalue weighted by atomic mass is 10.2. The molecule has 0 atom stereocenters. The van der Waals surface area contributed by atoms with Gasteiger partial charge in [0.15, 0.2) is 0 Å². The molecule has 108 valence electrons. The Morgan fingerprint density at radius 3 is 2.62 bits per heavy atom. The zero-order valence-corrected chi connectivity index (χ0v) is 11.8. The summed E-state index contributed by atoms with van der Waals surface area (Å²) >= 11 is 1.27. The predicted octanol–water partition coefficient (Wildman–Crippen LogP) is 3.45. The fourth-order valence-electron chi connectivity index (χ4n) is 1.74. The minimum absolute atomic E-state index is 0.329. The summed E-state index contributed by atoms with van der Waals surface area (Å²) in [7, 11) is 1.54. The minimum atomic E-state index is -1.32. The van der Waals surface area contributed by atoms with Crippen molar-refractivity contribution in [2.75, 3.05) is 7.11 Å². The van der Waals surface area contributed by atoms with Gasteiger partial charge in [0.1, 0.15) is 11.3 Å². The van der Waals surface area contributed by atoms with E-state index in [-0.39, 0.29) is 5.56 Å². The maximum Gasteiger partial charge on any atom is 0.342 e. The average Bonchev–Trinajstić information content (AvgIpc) is 2.47. The molecular formula is C14H11NO5S. The Morgan fingerprint density at radius 1 is 1.29 bits per heavy atom. The molecule has 0 aliphatic rings. The van der Waals surface area contributed by atoms with Crippen LogP contribution in [0.15, 0.2) is 52.3 Å². The molecule has 0 unspecified atom stereocenters. The van der Waals surface area contributed by atoms with Crippen molar-refractivity contribution in [1.29, 1.82) is 0 Å². The van der Waals surface area contributed by atoms with Crippen molar-refractivity contribution >= 4 is 23.4 Å². The number of nitro groups is 1. The summed E-state index contributed by atoms with van der Waals surface area (Å²) in [6.07, 6.45) is 0. The summed E-state index contributed by atoms with van der Waals surface area (Å²) in [5.41, 5.74) is -0.758. The van der Waals surface area contributed by atoms with Crippen LogP contribution in [0.5, 0.6) is 5.75 Å². The van der Waals surface area contributed by atoms with Gasteiger partial charge in [0.25, 0.3) is 5.69 Å². The summed E-state index contributed by atoms with van der Waals surface area (Å²) in [5, 5.41) is 19.9. The van der Waals surface area contributed by atoms with Crippen LogP contribution in [0.3, 0.4) is 0 Å². The Labute approximate surface area is 124 Å². The van der Waals surface area contributed by atoms with E-state index in [1.165, 1.54) is 37.1 Å². The van der Waals surface area contributed by atoms with Gasteiger partial charge in [-0.05, 0) is 24.3 Å². The van der Waals surface area contributed by atoms with E-state index in [9.17, 15) is 14.9 Å². The van der Waals surface area contributed by atoms with Gasteiger partial charge >= 0.3 is 5.97 Å². The monoisotopic (exact) mass is 305 g/mol. The zero-order valence-electron chi connectivity index (χ0n) is 11.0. The van der Waals surface area contributed by atoms with Gasteiger partial charge in [-0.1, -0.05) is 23.9 Å². The maximum absolute atomic E-state index is 11.0. The highest BCUT2D eigenvalue weighted by molar-refractivity contribution is 7.99. The normalized spacial score (nSPS) is 10.1. The highest BCUT2D eigenvalue weighted by Crippen LogP contribution is 2.36. The van der Waals surface area contributed by atoms with Crippen molar-refractivity contribution in [1.82, 2.24) is 0 Å². The van der Waals surface area contributed by atoms with Gasteiger partial charge in [0.05, 0.1) is 16.9 Å². The zero-order chi connectivity index (χ0) is 15.4. The molecule has 0 aromatic heterocycles. The third kappa shape index (κ3) is 3.32. The highest BCUT2D eigenvalue weighted by atomic mass is 32.2. The first-order valence-electron chi connectivity index (χ1n) is 5.85. The standard InChI is InChI=1S/C14H11NO5S/c1-20-12-4-2-3-5-13(12)21-9-6-7-10(14(16)17)11(8-9)15(18)19/h2-8H,1H3,(H,16,17). The van der Waals surface area contributed by atoms with Crippen molar-refractivity contribution in [3.8, 4) is 5.75 Å². The molecule has 0 fully saturated rings. The quantitative estimate of drug-likeness (QED) is 0.672. The molecule has 2 aromatic carbocycles. The Kier molecular flexibility index (Phi) is 4.44. The van der Waals surface area contributed by atoms with Gasteiger partial charge < -0.3 is 9.84 Å². The van der Waals surface area contributed by atoms with Crippen LogP contribution >= 0.6 is 11.8 Å². The van der Waals surface area contributed by atoms with Gasteiger partial charge in [-0.15, -0.1) is 0 Å². The lowest BCUT2D eigenvalue weighted by molar-refractivity contribution is -0.385. The van der Waals surface area contributed by atoms with Crippen LogP contribution in [-0.4, -0.2) is 23.1 Å². The number of para-hydroxylation sites is 1. The van der Waals surface area contributed by atoms with Gasteiger partial charge in [0.2, 0.25) is 0 Å². The van der Waals surface area contributed by atoms with Crippen LogP contribution in [0.2, 0.25) is 0 Å². The molecule has 0 saturated carbocycles. The van der Waals surface area contributed by atoms with Crippen molar-refractivity contribution in [3.63, 3.8) is 0 Å². The molecule has 0 heterocycles. The molecule has 0 radical (unpaired) electrons. The van der Waals surface area contributed by atoms with E-state index in [1.54, 1.807) is 6.07 Å². The van der Waals surface area contributed by atoms with Gasteiger partial charge in [-0.25, -0.2) is 4.79 Å². The van der Waals surface area contributed by atoms with Crippen LogP contribution in [0, 0.1) is 10.1 Å². The third-order valence-corrected chi connectivity index (χ3v) is 3.74. The third-order valence-electron chi connectivity index (χ3n) is 2.69. The van der Waals surface area contributed by atoms with Gasteiger partial charge in [0, 0.05) is 11.0 Å². The smallest absolute Gasteiger partial charge is 0.342 e. The van der Waals surface area contributed by atoms with E-state index in [4.69, 9.17) is 9.84 Å². The first-order chi connectivity index (χ1) is 10.0. The van der Waals surface area contributed by atoms with Crippen molar-refractivity contribution in [2.45, 2.75) is 9.79 Å². The lowest BCUT2D eigenvalue weighted by Crippen LogP contribution is -2.02. The topological polar surface area (TPSA) is 89.7 Å². The number of carbonyl (C=O) groups is 1. The number of hydrogen-bond donors (Lipinski definition) is 1. The van der Waals surface area contributed by atoms with Crippen LogP contribution in [-0.2, 0) is 0 Å². The van der Waals surface area contributed by atoms with Gasteiger partial charge in [-0.3, -0.25) is 10.1 Å². The maximum atomic E-state index is 11.0. The number of nitro benzene ring substituents is 1. The van der Waals surface area contributed by atoms with E-state index < -0.39 is 16.6 Å². The molecule has 0 saturated heterocycles. The molecule has 21 heavy (non-hydrogen) atoms. The molecule has 7 heteroatoms. The summed E-state index contributed by atoms with van der Waals surface area (Å²) in [6, 6.07) is 11.3. The number of aromatic carboxylic acids is 1. The molecule has 0 aliphatic carbocycles. The van der Waals surface area contributed by atoms with E-state index in [0.29, 0.717) is 10.6 Å². The number of ether oxygens (including phenoxy) is 1. The molecular weight excluding hydrogens is 294 g/mol. The van der Waals surface area contributed by atoms with Crippen LogP contribution in [0.25, 0.3) is 0 Å². The largest absolute Gasteiger partial charge is 0.496 e. The van der Waals surface area contributed by atoms with Crippen molar-refractivity contribution in [3.05, 3.63) is 58.1 Å². The average molecular weight is 305 g/mol. The summed E-state index contributed by atoms with van der Waals surface area (Å²) in [4.78, 5) is 22.6. The first kappa shape index (κ1) is 14.9. The second-order valence-electron chi connectivity index (χ2n) is 3.99. The molecule has 0 bridgehead atoms. The second-order valence-corrected chi connectivity index (χ2v) is 5.11. The minimum Gasteiger partial charge on any atom is -0.496 e. The number of carboxylic acid groups (broad SMARTS) is 1. The highest BCUT2D eigenvalue weighted by Gasteiger charge is 2.20. The molecule has 0 spiro atoms. The number of benzene rings is 2. The van der Waals surface area contributed by atoms with E-state index in [1.807, 2.05) is 18.2 Å². The SMILES string of the molecule is COc1ccccc1Sc1ccc(C(=O)O)c([N+](=O)[O-])c1. The molecule has 6 nitrogen and oxygen atoms in total.